The molecule has 1 atom stereocenters. The maximum atomic E-state index is 11.6. The summed E-state index contributed by atoms with van der Waals surface area (Å²) < 4.78 is 1.33. The highest BCUT2D eigenvalue weighted by Crippen LogP contribution is 2.30. The fourth-order valence-corrected chi connectivity index (χ4v) is 2.13. The van der Waals surface area contributed by atoms with Crippen LogP contribution in [0.15, 0.2) is 0 Å². The van der Waals surface area contributed by atoms with E-state index in [2.05, 4.69) is 28.4 Å². The number of urea groups is 1. The normalized spacial score (nSPS) is 25.9. The Balaban J connectivity index is 2.50. The number of rotatable bonds is 5. The average molecular weight is 277 g/mol. The molecule has 1 saturated heterocycles. The van der Waals surface area contributed by atoms with Crippen LogP contribution in [0.3, 0.4) is 0 Å². The summed E-state index contributed by atoms with van der Waals surface area (Å²) in [7, 11) is 0. The lowest BCUT2D eigenvalue weighted by molar-refractivity contribution is -0.124. The number of imide groups is 1. The predicted octanol–water partition coefficient (Wildman–Crippen LogP) is 2.58. The molecule has 3 amide bonds. The molecular formula is C10H17BrN2O2. The Hall–Kier alpha value is -0.580. The van der Waals surface area contributed by atoms with Gasteiger partial charge in [-0.05, 0) is 13.3 Å². The van der Waals surface area contributed by atoms with Gasteiger partial charge in [-0.2, -0.15) is 0 Å². The summed E-state index contributed by atoms with van der Waals surface area (Å²) in [5, 5.41) is 2.30. The Labute approximate surface area is 98.7 Å². The number of unbranched alkanes of at least 4 members (excludes halogenated alkanes) is 3. The molecule has 0 aromatic carbocycles. The highest BCUT2D eigenvalue weighted by Gasteiger charge is 2.47. The van der Waals surface area contributed by atoms with E-state index in [1.807, 2.05) is 0 Å². The molecule has 1 N–H and O–H groups in total. The van der Waals surface area contributed by atoms with Crippen molar-refractivity contribution >= 4 is 28.1 Å². The number of carbonyl (C=O) groups excluding carboxylic acids is 2. The summed E-state index contributed by atoms with van der Waals surface area (Å²) in [6.07, 6.45) is 5.12. The molecule has 15 heavy (non-hydrogen) atoms. The molecule has 0 bridgehead atoms. The first-order valence-electron chi connectivity index (χ1n) is 5.34. The van der Waals surface area contributed by atoms with Crippen LogP contribution in [-0.2, 0) is 4.79 Å². The second kappa shape index (κ2) is 4.96. The van der Waals surface area contributed by atoms with Crippen LogP contribution >= 0.6 is 16.1 Å². The van der Waals surface area contributed by atoms with Crippen molar-refractivity contribution in [3.8, 4) is 0 Å². The summed E-state index contributed by atoms with van der Waals surface area (Å²) >= 11 is 3.14. The van der Waals surface area contributed by atoms with Gasteiger partial charge in [0.05, 0.1) is 16.1 Å². The molecule has 1 aliphatic rings. The van der Waals surface area contributed by atoms with Crippen molar-refractivity contribution < 1.29 is 9.59 Å². The molecule has 4 nitrogen and oxygen atoms in total. The standard InChI is InChI=1S/C10H17BrN2O2/c1-3-4-5-6-7-10(2)8(14)12-9(15)13(10)11/h3-7H2,1-2H3,(H,12,14,15). The number of halogens is 1. The monoisotopic (exact) mass is 276 g/mol. The van der Waals surface area contributed by atoms with Crippen molar-refractivity contribution in [2.75, 3.05) is 0 Å². The number of nitrogens with zero attached hydrogens (tertiary/aromatic N) is 1. The van der Waals surface area contributed by atoms with Crippen molar-refractivity contribution in [2.24, 2.45) is 0 Å². The molecule has 0 aliphatic carbocycles. The molecule has 0 aromatic heterocycles. The van der Waals surface area contributed by atoms with E-state index in [-0.39, 0.29) is 11.9 Å². The first-order chi connectivity index (χ1) is 7.02. The van der Waals surface area contributed by atoms with E-state index in [1.54, 1.807) is 6.92 Å². The molecule has 1 rings (SSSR count). The van der Waals surface area contributed by atoms with Gasteiger partial charge in [0.15, 0.2) is 0 Å². The highest BCUT2D eigenvalue weighted by molar-refractivity contribution is 9.07. The minimum Gasteiger partial charge on any atom is -0.275 e. The number of carbonyl (C=O) groups is 2. The van der Waals surface area contributed by atoms with Crippen LogP contribution < -0.4 is 5.32 Å². The lowest BCUT2D eigenvalue weighted by Gasteiger charge is -2.26. The van der Waals surface area contributed by atoms with Crippen LogP contribution in [0.2, 0.25) is 0 Å². The molecule has 86 valence electrons. The molecule has 1 fully saturated rings. The minimum absolute atomic E-state index is 0.208. The van der Waals surface area contributed by atoms with Gasteiger partial charge in [-0.15, -0.1) is 0 Å². The Morgan fingerprint density at radius 3 is 2.47 bits per heavy atom. The Morgan fingerprint density at radius 2 is 2.00 bits per heavy atom. The van der Waals surface area contributed by atoms with Gasteiger partial charge >= 0.3 is 6.03 Å². The first-order valence-corrected chi connectivity index (χ1v) is 6.04. The van der Waals surface area contributed by atoms with Crippen LogP contribution in [0.25, 0.3) is 0 Å². The third-order valence-electron chi connectivity index (χ3n) is 2.84. The van der Waals surface area contributed by atoms with Gasteiger partial charge < -0.3 is 0 Å². The lowest BCUT2D eigenvalue weighted by Crippen LogP contribution is -2.41. The van der Waals surface area contributed by atoms with E-state index >= 15 is 0 Å². The van der Waals surface area contributed by atoms with Gasteiger partial charge in [0.2, 0.25) is 0 Å². The third kappa shape index (κ3) is 2.51. The van der Waals surface area contributed by atoms with E-state index < -0.39 is 5.54 Å². The van der Waals surface area contributed by atoms with Gasteiger partial charge in [-0.25, -0.2) is 8.72 Å². The van der Waals surface area contributed by atoms with E-state index in [1.165, 1.54) is 16.8 Å². The van der Waals surface area contributed by atoms with Gasteiger partial charge in [-0.3, -0.25) is 10.1 Å². The summed E-state index contributed by atoms with van der Waals surface area (Å²) in [4.78, 5) is 22.8. The SMILES string of the molecule is CCCCCCC1(C)C(=O)NC(=O)N1Br. The lowest BCUT2D eigenvalue weighted by atomic mass is 9.94. The smallest absolute Gasteiger partial charge is 0.275 e. The van der Waals surface area contributed by atoms with Gasteiger partial charge in [0.1, 0.15) is 5.54 Å². The minimum atomic E-state index is -0.717. The van der Waals surface area contributed by atoms with Gasteiger partial charge in [0.25, 0.3) is 5.91 Å². The maximum absolute atomic E-state index is 11.6. The molecule has 0 spiro atoms. The van der Waals surface area contributed by atoms with E-state index in [4.69, 9.17) is 0 Å². The Kier molecular flexibility index (Phi) is 4.13. The van der Waals surface area contributed by atoms with Crippen LogP contribution in [0.4, 0.5) is 4.79 Å². The second-order valence-electron chi connectivity index (χ2n) is 4.12. The summed E-state index contributed by atoms with van der Waals surface area (Å²) in [5.74, 6) is -0.208. The molecule has 1 heterocycles. The molecule has 1 unspecified atom stereocenters. The Morgan fingerprint density at radius 1 is 1.33 bits per heavy atom. The maximum Gasteiger partial charge on any atom is 0.335 e. The van der Waals surface area contributed by atoms with Gasteiger partial charge in [0, 0.05) is 0 Å². The van der Waals surface area contributed by atoms with E-state index in [9.17, 15) is 9.59 Å². The molecule has 1 aliphatic heterocycles. The zero-order valence-corrected chi connectivity index (χ0v) is 10.8. The molecular weight excluding hydrogens is 260 g/mol. The molecule has 5 heteroatoms. The summed E-state index contributed by atoms with van der Waals surface area (Å²) in [5.41, 5.74) is -0.717. The van der Waals surface area contributed by atoms with Crippen molar-refractivity contribution in [3.05, 3.63) is 0 Å². The highest BCUT2D eigenvalue weighted by atomic mass is 79.9. The number of nitrogens with one attached hydrogen (secondary N) is 1. The predicted molar refractivity (Wildman–Crippen MR) is 61.5 cm³/mol. The van der Waals surface area contributed by atoms with Crippen LogP contribution in [0, 0.1) is 0 Å². The first kappa shape index (κ1) is 12.5. The fraction of sp³-hybridized carbons (Fsp3) is 0.800. The third-order valence-corrected chi connectivity index (χ3v) is 3.94. The quantitative estimate of drug-likeness (QED) is 0.477. The van der Waals surface area contributed by atoms with Gasteiger partial charge in [-0.1, -0.05) is 32.6 Å². The van der Waals surface area contributed by atoms with Crippen molar-refractivity contribution in [1.29, 1.82) is 0 Å². The number of hydrogen-bond acceptors (Lipinski definition) is 2. The topological polar surface area (TPSA) is 49.4 Å². The molecule has 0 saturated carbocycles. The molecule has 0 aromatic rings. The molecule has 0 radical (unpaired) electrons. The largest absolute Gasteiger partial charge is 0.335 e. The van der Waals surface area contributed by atoms with Crippen molar-refractivity contribution in [2.45, 2.75) is 51.5 Å². The zero-order valence-electron chi connectivity index (χ0n) is 9.18. The van der Waals surface area contributed by atoms with Crippen LogP contribution in [0.5, 0.6) is 0 Å². The summed E-state index contributed by atoms with van der Waals surface area (Å²) in [6.45, 7) is 3.93. The second-order valence-corrected chi connectivity index (χ2v) is 4.83. The Bertz CT molecular complexity index is 270. The van der Waals surface area contributed by atoms with Crippen LogP contribution in [-0.4, -0.2) is 21.4 Å². The van der Waals surface area contributed by atoms with Crippen molar-refractivity contribution in [1.82, 2.24) is 9.24 Å². The van der Waals surface area contributed by atoms with Crippen LogP contribution in [0.1, 0.15) is 46.0 Å². The fourth-order valence-electron chi connectivity index (χ4n) is 1.70. The number of amides is 3. The van der Waals surface area contributed by atoms with E-state index in [0.29, 0.717) is 6.42 Å². The average Bonchev–Trinajstić information content (AvgIpc) is 2.39. The summed E-state index contributed by atoms with van der Waals surface area (Å²) in [6, 6.07) is -0.363. The number of hydrogen-bond donors (Lipinski definition) is 1. The zero-order chi connectivity index (χ0) is 11.5. The van der Waals surface area contributed by atoms with Crippen molar-refractivity contribution in [3.63, 3.8) is 0 Å². The van der Waals surface area contributed by atoms with E-state index in [0.717, 1.165) is 12.8 Å².